The molecule has 1 heterocycles. The summed E-state index contributed by atoms with van der Waals surface area (Å²) in [6, 6.07) is 0. The Kier molecular flexibility index (Phi) is 3.47. The Morgan fingerprint density at radius 1 is 1.67 bits per heavy atom. The third kappa shape index (κ3) is 3.06. The summed E-state index contributed by atoms with van der Waals surface area (Å²) in [5, 5.41) is 11.8. The van der Waals surface area contributed by atoms with Gasteiger partial charge in [-0.25, -0.2) is 4.98 Å². The molecule has 5 heteroatoms. The third-order valence-corrected chi connectivity index (χ3v) is 2.20. The largest absolute Gasteiger partial charge is 0.396 e. The van der Waals surface area contributed by atoms with Crippen LogP contribution in [0.2, 0.25) is 0 Å². The summed E-state index contributed by atoms with van der Waals surface area (Å²) in [4.78, 5) is 15.5. The molecule has 0 aliphatic heterocycles. The number of nitrogens with one attached hydrogen (secondary N) is 1. The van der Waals surface area contributed by atoms with Crippen molar-refractivity contribution in [3.8, 4) is 0 Å². The minimum absolute atomic E-state index is 0.0403. The zero-order valence-electron chi connectivity index (χ0n) is 9.32. The molecule has 0 bridgehead atoms. The van der Waals surface area contributed by atoms with Crippen molar-refractivity contribution in [2.24, 2.45) is 12.5 Å². The maximum absolute atomic E-state index is 11.6. The van der Waals surface area contributed by atoms with Gasteiger partial charge in [-0.1, -0.05) is 13.8 Å². The van der Waals surface area contributed by atoms with Gasteiger partial charge in [-0.05, 0) is 0 Å². The number of rotatable bonds is 4. The monoisotopic (exact) mass is 211 g/mol. The Morgan fingerprint density at radius 3 is 2.80 bits per heavy atom. The second-order valence-corrected chi connectivity index (χ2v) is 4.39. The summed E-state index contributed by atoms with van der Waals surface area (Å²) < 4.78 is 1.65. The smallest absolute Gasteiger partial charge is 0.269 e. The third-order valence-electron chi connectivity index (χ3n) is 2.20. The predicted molar refractivity (Wildman–Crippen MR) is 56.4 cm³/mol. The topological polar surface area (TPSA) is 67.2 Å². The molecule has 0 aliphatic rings. The molecular weight excluding hydrogens is 194 g/mol. The van der Waals surface area contributed by atoms with E-state index in [0.717, 1.165) is 0 Å². The molecule has 0 fully saturated rings. The SMILES string of the molecule is Cn1cncc1C(=O)NCC(C)(C)CO. The number of aliphatic hydroxyl groups excluding tert-OH is 1. The van der Waals surface area contributed by atoms with Crippen LogP contribution in [-0.4, -0.2) is 33.7 Å². The van der Waals surface area contributed by atoms with Crippen molar-refractivity contribution < 1.29 is 9.90 Å². The average Bonchev–Trinajstić information content (AvgIpc) is 2.61. The van der Waals surface area contributed by atoms with Crippen LogP contribution in [0.3, 0.4) is 0 Å². The predicted octanol–water partition coefficient (Wildman–Crippen LogP) is 0.168. The molecule has 0 saturated heterocycles. The number of aromatic nitrogens is 2. The lowest BCUT2D eigenvalue weighted by atomic mass is 9.95. The highest BCUT2D eigenvalue weighted by atomic mass is 16.3. The molecule has 2 N–H and O–H groups in total. The van der Waals surface area contributed by atoms with Crippen LogP contribution >= 0.6 is 0 Å². The van der Waals surface area contributed by atoms with E-state index in [2.05, 4.69) is 10.3 Å². The summed E-state index contributed by atoms with van der Waals surface area (Å²) >= 11 is 0. The molecule has 15 heavy (non-hydrogen) atoms. The van der Waals surface area contributed by atoms with Crippen LogP contribution in [0.4, 0.5) is 0 Å². The highest BCUT2D eigenvalue weighted by Gasteiger charge is 2.18. The van der Waals surface area contributed by atoms with E-state index in [1.54, 1.807) is 17.9 Å². The fourth-order valence-corrected chi connectivity index (χ4v) is 1.04. The second kappa shape index (κ2) is 4.44. The Bertz CT molecular complexity index is 344. The fourth-order valence-electron chi connectivity index (χ4n) is 1.04. The van der Waals surface area contributed by atoms with E-state index >= 15 is 0 Å². The van der Waals surface area contributed by atoms with Gasteiger partial charge in [0.05, 0.1) is 12.5 Å². The van der Waals surface area contributed by atoms with Gasteiger partial charge >= 0.3 is 0 Å². The summed E-state index contributed by atoms with van der Waals surface area (Å²) in [6.07, 6.45) is 3.09. The maximum Gasteiger partial charge on any atom is 0.269 e. The quantitative estimate of drug-likeness (QED) is 0.746. The van der Waals surface area contributed by atoms with Gasteiger partial charge in [-0.15, -0.1) is 0 Å². The zero-order valence-corrected chi connectivity index (χ0v) is 9.32. The van der Waals surface area contributed by atoms with Crippen molar-refractivity contribution in [2.75, 3.05) is 13.2 Å². The Hall–Kier alpha value is -1.36. The van der Waals surface area contributed by atoms with E-state index in [9.17, 15) is 4.79 Å². The molecule has 0 aliphatic carbocycles. The van der Waals surface area contributed by atoms with E-state index in [-0.39, 0.29) is 17.9 Å². The summed E-state index contributed by atoms with van der Waals surface area (Å²) in [5.74, 6) is -0.170. The normalized spacial score (nSPS) is 11.5. The average molecular weight is 211 g/mol. The molecule has 0 atom stereocenters. The number of hydrogen-bond donors (Lipinski definition) is 2. The number of aryl methyl sites for hydroxylation is 1. The van der Waals surface area contributed by atoms with Gasteiger partial charge in [-0.3, -0.25) is 4.79 Å². The molecule has 0 unspecified atom stereocenters. The van der Waals surface area contributed by atoms with Gasteiger partial charge in [0, 0.05) is 25.6 Å². The number of carbonyl (C=O) groups excluding carboxylic acids is 1. The number of imidazole rings is 1. The van der Waals surface area contributed by atoms with Gasteiger partial charge in [0.25, 0.3) is 5.91 Å². The van der Waals surface area contributed by atoms with E-state index in [4.69, 9.17) is 5.11 Å². The first-order chi connectivity index (χ1) is 6.96. The van der Waals surface area contributed by atoms with Crippen molar-refractivity contribution in [1.82, 2.24) is 14.9 Å². The number of carbonyl (C=O) groups is 1. The maximum atomic E-state index is 11.6. The first kappa shape index (κ1) is 11.7. The first-order valence-corrected chi connectivity index (χ1v) is 4.82. The van der Waals surface area contributed by atoms with Crippen LogP contribution in [-0.2, 0) is 7.05 Å². The molecule has 0 spiro atoms. The minimum Gasteiger partial charge on any atom is -0.396 e. The fraction of sp³-hybridized carbons (Fsp3) is 0.600. The van der Waals surface area contributed by atoms with Crippen molar-refractivity contribution in [3.63, 3.8) is 0 Å². The van der Waals surface area contributed by atoms with E-state index in [1.165, 1.54) is 6.20 Å². The van der Waals surface area contributed by atoms with Gasteiger partial charge in [-0.2, -0.15) is 0 Å². The lowest BCUT2D eigenvalue weighted by molar-refractivity contribution is 0.0903. The summed E-state index contributed by atoms with van der Waals surface area (Å²) in [5.41, 5.74) is 0.220. The summed E-state index contributed by atoms with van der Waals surface area (Å²) in [7, 11) is 1.76. The standard InChI is InChI=1S/C10H17N3O2/c1-10(2,6-14)5-12-9(15)8-4-11-7-13(8)3/h4,7,14H,5-6H2,1-3H3,(H,12,15). The number of amides is 1. The zero-order chi connectivity index (χ0) is 11.5. The van der Waals surface area contributed by atoms with Crippen molar-refractivity contribution in [1.29, 1.82) is 0 Å². The molecule has 0 radical (unpaired) electrons. The molecule has 1 aromatic heterocycles. The molecule has 1 amide bonds. The van der Waals surface area contributed by atoms with Gasteiger partial charge < -0.3 is 15.0 Å². The molecule has 0 aromatic carbocycles. The van der Waals surface area contributed by atoms with Crippen LogP contribution in [0.15, 0.2) is 12.5 Å². The Labute approximate surface area is 89.1 Å². The van der Waals surface area contributed by atoms with Gasteiger partial charge in [0.15, 0.2) is 0 Å². The number of nitrogens with zero attached hydrogens (tertiary/aromatic N) is 2. The molecular formula is C10H17N3O2. The van der Waals surface area contributed by atoms with Crippen LogP contribution in [0.25, 0.3) is 0 Å². The molecule has 84 valence electrons. The van der Waals surface area contributed by atoms with E-state index < -0.39 is 0 Å². The lowest BCUT2D eigenvalue weighted by Crippen LogP contribution is -2.36. The highest BCUT2D eigenvalue weighted by molar-refractivity contribution is 5.92. The molecule has 1 rings (SSSR count). The number of aliphatic hydroxyl groups is 1. The molecule has 5 nitrogen and oxygen atoms in total. The minimum atomic E-state index is -0.297. The van der Waals surface area contributed by atoms with Gasteiger partial charge in [0.2, 0.25) is 0 Å². The van der Waals surface area contributed by atoms with E-state index in [0.29, 0.717) is 12.2 Å². The number of hydrogen-bond acceptors (Lipinski definition) is 3. The van der Waals surface area contributed by atoms with Crippen LogP contribution < -0.4 is 5.32 Å². The van der Waals surface area contributed by atoms with Crippen LogP contribution in [0.5, 0.6) is 0 Å². The molecule has 1 aromatic rings. The molecule has 0 saturated carbocycles. The Morgan fingerprint density at radius 2 is 2.33 bits per heavy atom. The highest BCUT2D eigenvalue weighted by Crippen LogP contribution is 2.11. The van der Waals surface area contributed by atoms with Gasteiger partial charge in [0.1, 0.15) is 5.69 Å². The second-order valence-electron chi connectivity index (χ2n) is 4.39. The lowest BCUT2D eigenvalue weighted by Gasteiger charge is -2.21. The van der Waals surface area contributed by atoms with Crippen LogP contribution in [0, 0.1) is 5.41 Å². The summed E-state index contributed by atoms with van der Waals surface area (Å²) in [6.45, 7) is 4.25. The van der Waals surface area contributed by atoms with Crippen LogP contribution in [0.1, 0.15) is 24.3 Å². The Balaban J connectivity index is 2.55. The van der Waals surface area contributed by atoms with Crippen molar-refractivity contribution in [3.05, 3.63) is 18.2 Å². The first-order valence-electron chi connectivity index (χ1n) is 4.82. The van der Waals surface area contributed by atoms with Crippen molar-refractivity contribution >= 4 is 5.91 Å². The van der Waals surface area contributed by atoms with E-state index in [1.807, 2.05) is 13.8 Å². The van der Waals surface area contributed by atoms with Crippen molar-refractivity contribution in [2.45, 2.75) is 13.8 Å².